The molecular weight excluding hydrogens is 302 g/mol. The lowest BCUT2D eigenvalue weighted by Gasteiger charge is -2.48. The van der Waals surface area contributed by atoms with Crippen LogP contribution in [0.1, 0.15) is 36.2 Å². The van der Waals surface area contributed by atoms with E-state index < -0.39 is 0 Å². The quantitative estimate of drug-likeness (QED) is 0.851. The summed E-state index contributed by atoms with van der Waals surface area (Å²) in [6, 6.07) is 7.65. The fourth-order valence-electron chi connectivity index (χ4n) is 4.13. The maximum atomic E-state index is 12.6. The van der Waals surface area contributed by atoms with Crippen LogP contribution >= 0.6 is 0 Å². The summed E-state index contributed by atoms with van der Waals surface area (Å²) in [5, 5.41) is 0. The second-order valence-electron chi connectivity index (χ2n) is 7.01. The Labute approximate surface area is 142 Å². The van der Waals surface area contributed by atoms with Gasteiger partial charge >= 0.3 is 0 Å². The highest BCUT2D eigenvalue weighted by molar-refractivity contribution is 5.91. The monoisotopic (exact) mass is 325 g/mol. The number of anilines is 1. The van der Waals surface area contributed by atoms with Crippen molar-refractivity contribution in [3.8, 4) is 0 Å². The number of rotatable bonds is 2. The molecule has 2 aromatic rings. The number of amides is 1. The minimum Gasteiger partial charge on any atom is -0.459 e. The molecule has 2 aliphatic rings. The fraction of sp³-hybridized carbons (Fsp3) is 0.474. The molecule has 2 aromatic heterocycles. The van der Waals surface area contributed by atoms with Crippen LogP contribution in [0.4, 0.5) is 5.69 Å². The topological polar surface area (TPSA) is 49.6 Å². The molecule has 2 fully saturated rings. The van der Waals surface area contributed by atoms with Crippen molar-refractivity contribution in [2.24, 2.45) is 5.41 Å². The molecule has 5 nitrogen and oxygen atoms in total. The van der Waals surface area contributed by atoms with E-state index in [0.29, 0.717) is 5.76 Å². The number of carbonyl (C=O) groups is 1. The van der Waals surface area contributed by atoms with Gasteiger partial charge in [-0.25, -0.2) is 0 Å². The molecule has 24 heavy (non-hydrogen) atoms. The van der Waals surface area contributed by atoms with Gasteiger partial charge in [0.15, 0.2) is 5.76 Å². The van der Waals surface area contributed by atoms with Crippen LogP contribution in [-0.2, 0) is 0 Å². The number of hydrogen-bond acceptors (Lipinski definition) is 4. The summed E-state index contributed by atoms with van der Waals surface area (Å²) in [7, 11) is 0. The van der Waals surface area contributed by atoms with E-state index in [1.807, 2.05) is 23.4 Å². The normalized spacial score (nSPS) is 20.3. The molecule has 0 atom stereocenters. The molecule has 2 saturated heterocycles. The Morgan fingerprint density at radius 3 is 2.71 bits per heavy atom. The maximum absolute atomic E-state index is 12.6. The molecule has 4 heterocycles. The molecule has 2 aliphatic heterocycles. The molecule has 0 saturated carbocycles. The van der Waals surface area contributed by atoms with Crippen molar-refractivity contribution in [3.63, 3.8) is 0 Å². The van der Waals surface area contributed by atoms with Crippen LogP contribution in [0, 0.1) is 5.41 Å². The van der Waals surface area contributed by atoms with Gasteiger partial charge in [0, 0.05) is 32.4 Å². The van der Waals surface area contributed by atoms with Gasteiger partial charge in [0.05, 0.1) is 18.1 Å². The summed E-state index contributed by atoms with van der Waals surface area (Å²) in [4.78, 5) is 21.2. The molecule has 0 aliphatic carbocycles. The lowest BCUT2D eigenvalue weighted by atomic mass is 9.72. The van der Waals surface area contributed by atoms with Gasteiger partial charge in [-0.1, -0.05) is 0 Å². The third-order valence-electron chi connectivity index (χ3n) is 5.52. The van der Waals surface area contributed by atoms with E-state index in [9.17, 15) is 4.79 Å². The molecule has 5 heteroatoms. The third-order valence-corrected chi connectivity index (χ3v) is 5.52. The third kappa shape index (κ3) is 2.90. The van der Waals surface area contributed by atoms with Crippen LogP contribution in [0.3, 0.4) is 0 Å². The molecule has 1 spiro atoms. The maximum Gasteiger partial charge on any atom is 0.289 e. The highest BCUT2D eigenvalue weighted by Crippen LogP contribution is 2.41. The van der Waals surface area contributed by atoms with Gasteiger partial charge in [-0.15, -0.1) is 0 Å². The van der Waals surface area contributed by atoms with Crippen LogP contribution in [0.25, 0.3) is 0 Å². The molecule has 4 rings (SSSR count). The van der Waals surface area contributed by atoms with Crippen LogP contribution in [0.5, 0.6) is 0 Å². The Morgan fingerprint density at radius 1 is 1.12 bits per heavy atom. The SMILES string of the molecule is O=C(c1ccco1)N1CCCC2(CCN(c3cccnc3)CC2)C1. The van der Waals surface area contributed by atoms with E-state index in [2.05, 4.69) is 16.0 Å². The number of aromatic nitrogens is 1. The van der Waals surface area contributed by atoms with Crippen LogP contribution in [0.15, 0.2) is 47.3 Å². The van der Waals surface area contributed by atoms with E-state index in [1.54, 1.807) is 18.4 Å². The average Bonchev–Trinajstić information content (AvgIpc) is 3.17. The number of hydrogen-bond donors (Lipinski definition) is 0. The minimum absolute atomic E-state index is 0.0359. The van der Waals surface area contributed by atoms with Crippen LogP contribution in [0.2, 0.25) is 0 Å². The number of furan rings is 1. The Kier molecular flexibility index (Phi) is 4.00. The van der Waals surface area contributed by atoms with Gasteiger partial charge in [0.1, 0.15) is 0 Å². The smallest absolute Gasteiger partial charge is 0.289 e. The lowest BCUT2D eigenvalue weighted by molar-refractivity contribution is 0.0408. The fourth-order valence-corrected chi connectivity index (χ4v) is 4.13. The summed E-state index contributed by atoms with van der Waals surface area (Å²) in [5.41, 5.74) is 1.46. The van der Waals surface area contributed by atoms with E-state index in [-0.39, 0.29) is 11.3 Å². The molecule has 0 aromatic carbocycles. The molecule has 0 N–H and O–H groups in total. The Balaban J connectivity index is 1.42. The summed E-state index contributed by atoms with van der Waals surface area (Å²) >= 11 is 0. The lowest BCUT2D eigenvalue weighted by Crippen LogP contribution is -2.51. The molecule has 0 bridgehead atoms. The standard InChI is InChI=1S/C19H23N3O2/c23-18(17-5-2-13-24-17)22-10-3-6-19(15-22)7-11-21(12-8-19)16-4-1-9-20-14-16/h1-2,4-5,9,13-14H,3,6-8,10-12,15H2. The average molecular weight is 325 g/mol. The summed E-state index contributed by atoms with van der Waals surface area (Å²) in [6.07, 6.45) is 9.88. The van der Waals surface area contributed by atoms with Gasteiger partial charge in [0.25, 0.3) is 5.91 Å². The van der Waals surface area contributed by atoms with Gasteiger partial charge in [-0.3, -0.25) is 9.78 Å². The molecule has 126 valence electrons. The van der Waals surface area contributed by atoms with Crippen LogP contribution < -0.4 is 4.90 Å². The number of pyridine rings is 1. The van der Waals surface area contributed by atoms with Crippen molar-refractivity contribution < 1.29 is 9.21 Å². The zero-order valence-electron chi connectivity index (χ0n) is 13.9. The second-order valence-corrected chi connectivity index (χ2v) is 7.01. The number of likely N-dealkylation sites (tertiary alicyclic amines) is 1. The van der Waals surface area contributed by atoms with Crippen molar-refractivity contribution in [3.05, 3.63) is 48.7 Å². The van der Waals surface area contributed by atoms with Crippen LogP contribution in [-0.4, -0.2) is 42.0 Å². The van der Waals surface area contributed by atoms with Crippen molar-refractivity contribution in [2.45, 2.75) is 25.7 Å². The zero-order chi connectivity index (χ0) is 16.4. The molecular formula is C19H23N3O2. The number of piperidine rings is 2. The van der Waals surface area contributed by atoms with Gasteiger partial charge in [-0.2, -0.15) is 0 Å². The first-order valence-corrected chi connectivity index (χ1v) is 8.74. The summed E-state index contributed by atoms with van der Waals surface area (Å²) in [6.45, 7) is 3.77. The predicted molar refractivity (Wildman–Crippen MR) is 92.0 cm³/mol. The van der Waals surface area contributed by atoms with Gasteiger partial charge < -0.3 is 14.2 Å². The first-order chi connectivity index (χ1) is 11.8. The van der Waals surface area contributed by atoms with Crippen molar-refractivity contribution >= 4 is 11.6 Å². The Bertz CT molecular complexity index is 676. The molecule has 0 radical (unpaired) electrons. The molecule has 0 unspecified atom stereocenters. The van der Waals surface area contributed by atoms with Gasteiger partial charge in [-0.05, 0) is 55.4 Å². The van der Waals surface area contributed by atoms with Crippen molar-refractivity contribution in [1.29, 1.82) is 0 Å². The van der Waals surface area contributed by atoms with E-state index in [0.717, 1.165) is 45.4 Å². The highest BCUT2D eigenvalue weighted by atomic mass is 16.3. The summed E-state index contributed by atoms with van der Waals surface area (Å²) < 4.78 is 5.29. The first-order valence-electron chi connectivity index (χ1n) is 8.74. The first kappa shape index (κ1) is 15.2. The van der Waals surface area contributed by atoms with E-state index >= 15 is 0 Å². The summed E-state index contributed by atoms with van der Waals surface area (Å²) in [5.74, 6) is 0.494. The molecule has 1 amide bonds. The van der Waals surface area contributed by atoms with E-state index in [1.165, 1.54) is 12.1 Å². The zero-order valence-corrected chi connectivity index (χ0v) is 13.9. The second kappa shape index (κ2) is 6.30. The largest absolute Gasteiger partial charge is 0.459 e. The van der Waals surface area contributed by atoms with Gasteiger partial charge in [0.2, 0.25) is 0 Å². The minimum atomic E-state index is 0.0359. The Hall–Kier alpha value is -2.30. The number of nitrogens with zero attached hydrogens (tertiary/aromatic N) is 3. The predicted octanol–water partition coefficient (Wildman–Crippen LogP) is 3.20. The van der Waals surface area contributed by atoms with Crippen molar-refractivity contribution in [1.82, 2.24) is 9.88 Å². The highest BCUT2D eigenvalue weighted by Gasteiger charge is 2.40. The Morgan fingerprint density at radius 2 is 2.00 bits per heavy atom. The van der Waals surface area contributed by atoms with E-state index in [4.69, 9.17) is 4.42 Å². The van der Waals surface area contributed by atoms with Crippen molar-refractivity contribution in [2.75, 3.05) is 31.1 Å². The number of carbonyl (C=O) groups excluding carboxylic acids is 1.